The van der Waals surface area contributed by atoms with Gasteiger partial charge in [0.1, 0.15) is 0 Å². The summed E-state index contributed by atoms with van der Waals surface area (Å²) in [7, 11) is 0. The van der Waals surface area contributed by atoms with Gasteiger partial charge in [-0.05, 0) is 111 Å². The van der Waals surface area contributed by atoms with Crippen molar-refractivity contribution in [2.45, 2.75) is 105 Å². The van der Waals surface area contributed by atoms with E-state index < -0.39 is 0 Å². The van der Waals surface area contributed by atoms with Gasteiger partial charge in [-0.2, -0.15) is 5.26 Å². The molecule has 3 aromatic heterocycles. The van der Waals surface area contributed by atoms with Gasteiger partial charge >= 0.3 is 0 Å². The highest BCUT2D eigenvalue weighted by Gasteiger charge is 2.24. The van der Waals surface area contributed by atoms with Gasteiger partial charge in [0.2, 0.25) is 0 Å². The fraction of sp³-hybridized carbons (Fsp3) is 0.246. The third-order valence-corrected chi connectivity index (χ3v) is 13.8. The molecule has 8 heteroatoms. The molecule has 0 spiro atoms. The highest BCUT2D eigenvalue weighted by atomic mass is 15.1. The molecule has 0 saturated carbocycles. The predicted molar refractivity (Wildman–Crippen MR) is 300 cm³/mol. The van der Waals surface area contributed by atoms with E-state index in [0.29, 0.717) is 46.1 Å². The minimum absolute atomic E-state index is 0.0615. The average molecular weight is 955 g/mol. The van der Waals surface area contributed by atoms with Crippen LogP contribution in [0.1, 0.15) is 111 Å². The summed E-state index contributed by atoms with van der Waals surface area (Å²) in [6.07, 6.45) is 0. The number of para-hydroxylation sites is 1. The van der Waals surface area contributed by atoms with E-state index in [1.54, 1.807) is 0 Å². The first-order chi connectivity index (χ1) is 34.6. The van der Waals surface area contributed by atoms with Crippen LogP contribution >= 0.6 is 0 Å². The lowest BCUT2D eigenvalue weighted by atomic mass is 9.86. The molecule has 0 saturated heterocycles. The molecule has 0 aliphatic heterocycles. The molecule has 10 rings (SSSR count). The van der Waals surface area contributed by atoms with E-state index in [4.69, 9.17) is 29.9 Å². The van der Waals surface area contributed by atoms with Crippen LogP contribution in [0.15, 0.2) is 158 Å². The summed E-state index contributed by atoms with van der Waals surface area (Å²) in [5.74, 6) is 3.38. The lowest BCUT2D eigenvalue weighted by Gasteiger charge is -2.20. The van der Waals surface area contributed by atoms with Crippen molar-refractivity contribution < 1.29 is 0 Å². The van der Waals surface area contributed by atoms with E-state index in [0.717, 1.165) is 55.3 Å². The van der Waals surface area contributed by atoms with Gasteiger partial charge in [-0.15, -0.1) is 0 Å². The minimum atomic E-state index is -0.0926. The van der Waals surface area contributed by atoms with Crippen molar-refractivity contribution in [2.75, 3.05) is 0 Å². The van der Waals surface area contributed by atoms with Crippen LogP contribution in [0.2, 0.25) is 0 Å². The monoisotopic (exact) mass is 955 g/mol. The lowest BCUT2D eigenvalue weighted by Crippen LogP contribution is -2.11. The molecule has 0 bridgehead atoms. The van der Waals surface area contributed by atoms with Gasteiger partial charge in [0.05, 0.1) is 28.4 Å². The number of benzene rings is 7. The Hall–Kier alpha value is -8.15. The quantitative estimate of drug-likeness (QED) is 0.157. The molecule has 0 unspecified atom stereocenters. The summed E-state index contributed by atoms with van der Waals surface area (Å²) >= 11 is 0. The molecule has 0 aliphatic rings. The minimum Gasteiger partial charge on any atom is -0.308 e. The molecule has 8 nitrogen and oxygen atoms in total. The largest absolute Gasteiger partial charge is 0.308 e. The van der Waals surface area contributed by atoms with Gasteiger partial charge in [0.25, 0.3) is 0 Å². The highest BCUT2D eigenvalue weighted by Crippen LogP contribution is 2.40. The van der Waals surface area contributed by atoms with E-state index in [9.17, 15) is 5.26 Å². The van der Waals surface area contributed by atoms with Gasteiger partial charge in [-0.1, -0.05) is 174 Å². The zero-order valence-corrected chi connectivity index (χ0v) is 44.1. The Bertz CT molecular complexity index is 3650. The summed E-state index contributed by atoms with van der Waals surface area (Å²) in [4.78, 5) is 31.4. The van der Waals surface area contributed by atoms with E-state index >= 15 is 0 Å². The molecule has 0 atom stereocenters. The fourth-order valence-corrected chi connectivity index (χ4v) is 9.37. The zero-order valence-electron chi connectivity index (χ0n) is 44.1. The van der Waals surface area contributed by atoms with Gasteiger partial charge in [-0.25, -0.2) is 29.9 Å². The van der Waals surface area contributed by atoms with Crippen LogP contribution in [0.5, 0.6) is 0 Å². The van der Waals surface area contributed by atoms with Crippen LogP contribution < -0.4 is 0 Å². The topological polar surface area (TPSA) is 106 Å². The normalized spacial score (nSPS) is 12.4. The van der Waals surface area contributed by atoms with Crippen LogP contribution in [0.4, 0.5) is 0 Å². The van der Waals surface area contributed by atoms with Gasteiger partial charge in [-0.3, -0.25) is 0 Å². The maximum absolute atomic E-state index is 10.4. The van der Waals surface area contributed by atoms with E-state index in [1.807, 2.05) is 18.2 Å². The second-order valence-electron chi connectivity index (χ2n) is 23.4. The Morgan fingerprint density at radius 1 is 0.342 bits per heavy atom. The second-order valence-corrected chi connectivity index (χ2v) is 23.4. The van der Waals surface area contributed by atoms with Gasteiger partial charge in [0, 0.05) is 44.2 Å². The molecule has 0 amide bonds. The van der Waals surface area contributed by atoms with Crippen LogP contribution in [0.25, 0.3) is 95.8 Å². The standard InChI is InChI=1S/C65H62N8/c1-62(2,3)46-23-15-19-41(34-46)56-67-57(42-20-16-24-47(35-42)63(4,5)6)69-60(68-56)45-30-32-54-51(38-45)50-27-13-14-28-53(50)73(54)55-31-29-40(39-66)33-52(55)61-71-58(43-21-17-25-48(36-43)64(7,8)9)70-59(72-61)44-22-18-26-49(37-44)65(10,11)12/h13-38H,1-12H3. The Kier molecular flexibility index (Phi) is 12.1. The second kappa shape index (κ2) is 18.2. The van der Waals surface area contributed by atoms with Crippen molar-refractivity contribution in [3.8, 4) is 80.1 Å². The van der Waals surface area contributed by atoms with Crippen LogP contribution in [-0.4, -0.2) is 34.5 Å². The average Bonchev–Trinajstić information content (AvgIpc) is 3.71. The maximum atomic E-state index is 10.4. The van der Waals surface area contributed by atoms with Crippen LogP contribution in [-0.2, 0) is 21.7 Å². The first-order valence-corrected chi connectivity index (χ1v) is 25.2. The first-order valence-electron chi connectivity index (χ1n) is 25.2. The Morgan fingerprint density at radius 2 is 0.712 bits per heavy atom. The van der Waals surface area contributed by atoms with Gasteiger partial charge in [0.15, 0.2) is 34.9 Å². The number of nitrogens with zero attached hydrogens (tertiary/aromatic N) is 8. The third kappa shape index (κ3) is 9.68. The molecular formula is C65H62N8. The molecule has 10 aromatic rings. The van der Waals surface area contributed by atoms with Crippen molar-refractivity contribution in [1.29, 1.82) is 5.26 Å². The summed E-state index contributed by atoms with van der Waals surface area (Å²) in [6, 6.07) is 57.1. The molecular weight excluding hydrogens is 893 g/mol. The van der Waals surface area contributed by atoms with E-state index in [1.165, 1.54) is 22.3 Å². The molecule has 0 radical (unpaired) electrons. The van der Waals surface area contributed by atoms with Crippen molar-refractivity contribution in [1.82, 2.24) is 34.5 Å². The SMILES string of the molecule is CC(C)(C)c1cccc(-c2nc(-c3cccc(C(C)(C)C)c3)nc(-c3ccc4c(c3)c3ccccc3n4-c3ccc(C#N)cc3-c3nc(-c4cccc(C(C)(C)C)c4)nc(-c4cccc(C(C)(C)C)c4)n3)n2)c1. The smallest absolute Gasteiger partial charge is 0.166 e. The molecule has 0 N–H and O–H groups in total. The highest BCUT2D eigenvalue weighted by molar-refractivity contribution is 6.11. The number of hydrogen-bond donors (Lipinski definition) is 0. The predicted octanol–water partition coefficient (Wildman–Crippen LogP) is 16.2. The summed E-state index contributed by atoms with van der Waals surface area (Å²) in [5.41, 5.74) is 12.9. The summed E-state index contributed by atoms with van der Waals surface area (Å²) in [6.45, 7) is 26.6. The molecule has 362 valence electrons. The molecule has 0 fully saturated rings. The van der Waals surface area contributed by atoms with Crippen molar-refractivity contribution in [3.05, 3.63) is 186 Å². The molecule has 7 aromatic carbocycles. The zero-order chi connectivity index (χ0) is 51.6. The first kappa shape index (κ1) is 48.5. The van der Waals surface area contributed by atoms with Gasteiger partial charge < -0.3 is 4.57 Å². The van der Waals surface area contributed by atoms with Crippen molar-refractivity contribution in [2.24, 2.45) is 0 Å². The van der Waals surface area contributed by atoms with E-state index in [2.05, 4.69) is 233 Å². The van der Waals surface area contributed by atoms with Crippen molar-refractivity contribution >= 4 is 21.8 Å². The third-order valence-electron chi connectivity index (χ3n) is 13.8. The molecule has 0 aliphatic carbocycles. The Balaban J connectivity index is 1.19. The fourth-order valence-electron chi connectivity index (χ4n) is 9.37. The van der Waals surface area contributed by atoms with Crippen molar-refractivity contribution in [3.63, 3.8) is 0 Å². The molecule has 73 heavy (non-hydrogen) atoms. The summed E-state index contributed by atoms with van der Waals surface area (Å²) < 4.78 is 2.26. The van der Waals surface area contributed by atoms with Crippen LogP contribution in [0.3, 0.4) is 0 Å². The number of nitriles is 1. The number of aromatic nitrogens is 7. The van der Waals surface area contributed by atoms with Crippen LogP contribution in [0, 0.1) is 11.3 Å². The lowest BCUT2D eigenvalue weighted by molar-refractivity contribution is 0.590. The Labute approximate surface area is 430 Å². The van der Waals surface area contributed by atoms with E-state index in [-0.39, 0.29) is 21.7 Å². The maximum Gasteiger partial charge on any atom is 0.166 e. The number of hydrogen-bond acceptors (Lipinski definition) is 7. The number of fused-ring (bicyclic) bond motifs is 3. The number of rotatable bonds is 7. The Morgan fingerprint density at radius 3 is 1.11 bits per heavy atom. The summed E-state index contributed by atoms with van der Waals surface area (Å²) in [5, 5.41) is 12.5. The molecule has 3 heterocycles.